The van der Waals surface area contributed by atoms with Crippen molar-refractivity contribution >= 4 is 40.1 Å². The molecule has 4 rings (SSSR count). The number of carbonyl (C=O) groups excluding carboxylic acids is 3. The highest BCUT2D eigenvalue weighted by atomic mass is 16.5. The molecule has 2 amide bonds. The molecule has 9 heteroatoms. The Kier molecular flexibility index (Phi) is 5.98. The number of hydrogen-bond donors (Lipinski definition) is 1. The zero-order chi connectivity index (χ0) is 22.7. The summed E-state index contributed by atoms with van der Waals surface area (Å²) in [6, 6.07) is 13.6. The Labute approximate surface area is 183 Å². The third kappa shape index (κ3) is 4.09. The zero-order valence-electron chi connectivity index (χ0n) is 17.5. The van der Waals surface area contributed by atoms with Gasteiger partial charge in [0.15, 0.2) is 5.69 Å². The minimum atomic E-state index is -0.611. The van der Waals surface area contributed by atoms with E-state index in [9.17, 15) is 19.5 Å². The van der Waals surface area contributed by atoms with Crippen molar-refractivity contribution in [3.05, 3.63) is 54.1 Å². The summed E-state index contributed by atoms with van der Waals surface area (Å²) < 4.78 is 6.34. The molecule has 0 unspecified atom stereocenters. The molecule has 2 heterocycles. The van der Waals surface area contributed by atoms with E-state index in [-0.39, 0.29) is 36.2 Å². The van der Waals surface area contributed by atoms with Crippen molar-refractivity contribution in [3.63, 3.8) is 0 Å². The van der Waals surface area contributed by atoms with E-state index >= 15 is 0 Å². The standard InChI is InChI=1S/C23H22N4O5/c1-2-32-20(29)14-27-18-10-4-3-9-17(18)21(23(27)31)24-25-22(30)15-7-5-8-16(13-15)26-12-6-11-19(26)28/h3-5,7-10,13,31H,2,6,11-12,14H2,1H3. The van der Waals surface area contributed by atoms with Crippen LogP contribution in [0.15, 0.2) is 58.8 Å². The molecule has 1 N–H and O–H groups in total. The smallest absolute Gasteiger partial charge is 0.326 e. The third-order valence-corrected chi connectivity index (χ3v) is 5.23. The van der Waals surface area contributed by atoms with E-state index in [0.717, 1.165) is 6.42 Å². The average molecular weight is 434 g/mol. The van der Waals surface area contributed by atoms with Crippen molar-refractivity contribution in [2.24, 2.45) is 10.2 Å². The van der Waals surface area contributed by atoms with E-state index in [1.54, 1.807) is 60.4 Å². The number of esters is 1. The van der Waals surface area contributed by atoms with Gasteiger partial charge in [0.1, 0.15) is 6.54 Å². The minimum Gasteiger partial charge on any atom is -0.493 e. The first kappa shape index (κ1) is 21.2. The first-order chi connectivity index (χ1) is 15.5. The molecule has 0 atom stereocenters. The summed E-state index contributed by atoms with van der Waals surface area (Å²) >= 11 is 0. The SMILES string of the molecule is CCOC(=O)Cn1c(O)c(N=NC(=O)c2cccc(N3CCCC3=O)c2)c2ccccc21. The van der Waals surface area contributed by atoms with Crippen LogP contribution in [0, 0.1) is 0 Å². The summed E-state index contributed by atoms with van der Waals surface area (Å²) in [7, 11) is 0. The Morgan fingerprint density at radius 1 is 1.16 bits per heavy atom. The van der Waals surface area contributed by atoms with Gasteiger partial charge < -0.3 is 14.7 Å². The molecule has 2 aromatic carbocycles. The number of para-hydroxylation sites is 1. The Hall–Kier alpha value is -4.01. The highest BCUT2D eigenvalue weighted by Gasteiger charge is 2.23. The fraction of sp³-hybridized carbons (Fsp3) is 0.261. The van der Waals surface area contributed by atoms with Crippen LogP contribution < -0.4 is 4.90 Å². The zero-order valence-corrected chi connectivity index (χ0v) is 17.5. The maximum atomic E-state index is 12.7. The lowest BCUT2D eigenvalue weighted by Crippen LogP contribution is -2.23. The van der Waals surface area contributed by atoms with Gasteiger partial charge >= 0.3 is 5.97 Å². The van der Waals surface area contributed by atoms with Crippen molar-refractivity contribution in [3.8, 4) is 5.88 Å². The number of azo groups is 1. The average Bonchev–Trinajstić information content (AvgIpc) is 3.34. The molecule has 0 radical (unpaired) electrons. The molecule has 3 aromatic rings. The number of ether oxygens (including phenoxy) is 1. The number of rotatable bonds is 6. The van der Waals surface area contributed by atoms with Crippen molar-refractivity contribution in [2.45, 2.75) is 26.3 Å². The maximum Gasteiger partial charge on any atom is 0.326 e. The first-order valence-corrected chi connectivity index (χ1v) is 10.3. The second-order valence-corrected chi connectivity index (χ2v) is 7.28. The number of hydrogen-bond acceptors (Lipinski definition) is 6. The van der Waals surface area contributed by atoms with Gasteiger partial charge in [-0.2, -0.15) is 0 Å². The van der Waals surface area contributed by atoms with E-state index in [0.29, 0.717) is 29.6 Å². The lowest BCUT2D eigenvalue weighted by Gasteiger charge is -2.15. The molecule has 1 aliphatic heterocycles. The van der Waals surface area contributed by atoms with Gasteiger partial charge in [0.25, 0.3) is 5.91 Å². The number of anilines is 1. The van der Waals surface area contributed by atoms with E-state index in [4.69, 9.17) is 4.74 Å². The Bertz CT molecular complexity index is 1230. The van der Waals surface area contributed by atoms with E-state index in [1.807, 2.05) is 0 Å². The normalized spacial score (nSPS) is 13.9. The van der Waals surface area contributed by atoms with Crippen LogP contribution in [-0.2, 0) is 20.9 Å². The van der Waals surface area contributed by atoms with Crippen molar-refractivity contribution < 1.29 is 24.2 Å². The fourth-order valence-corrected chi connectivity index (χ4v) is 3.75. The molecule has 1 aromatic heterocycles. The van der Waals surface area contributed by atoms with Gasteiger partial charge in [0, 0.05) is 29.6 Å². The lowest BCUT2D eigenvalue weighted by molar-refractivity contribution is -0.143. The summed E-state index contributed by atoms with van der Waals surface area (Å²) in [4.78, 5) is 38.2. The summed E-state index contributed by atoms with van der Waals surface area (Å²) in [5, 5.41) is 19.0. The molecule has 1 fully saturated rings. The minimum absolute atomic E-state index is 0.0237. The Balaban J connectivity index is 1.63. The lowest BCUT2D eigenvalue weighted by atomic mass is 10.2. The monoisotopic (exact) mass is 434 g/mol. The van der Waals surface area contributed by atoms with Gasteiger partial charge in [-0.25, -0.2) is 0 Å². The molecular weight excluding hydrogens is 412 g/mol. The van der Waals surface area contributed by atoms with Crippen LogP contribution >= 0.6 is 0 Å². The number of carbonyl (C=O) groups is 3. The highest BCUT2D eigenvalue weighted by Crippen LogP contribution is 2.39. The maximum absolute atomic E-state index is 12.7. The van der Waals surface area contributed by atoms with Crippen LogP contribution in [0.2, 0.25) is 0 Å². The largest absolute Gasteiger partial charge is 0.493 e. The summed E-state index contributed by atoms with van der Waals surface area (Å²) in [5.41, 5.74) is 1.57. The number of aromatic hydroxyl groups is 1. The number of nitrogens with zero attached hydrogens (tertiary/aromatic N) is 4. The van der Waals surface area contributed by atoms with Crippen molar-refractivity contribution in [1.82, 2.24) is 4.57 Å². The summed E-state index contributed by atoms with van der Waals surface area (Å²) in [5.74, 6) is -1.38. The first-order valence-electron chi connectivity index (χ1n) is 10.3. The summed E-state index contributed by atoms with van der Waals surface area (Å²) in [6.07, 6.45) is 1.28. The Morgan fingerprint density at radius 3 is 2.72 bits per heavy atom. The van der Waals surface area contributed by atoms with Gasteiger partial charge in [-0.15, -0.1) is 10.2 Å². The molecular formula is C23H22N4O5. The molecule has 9 nitrogen and oxygen atoms in total. The van der Waals surface area contributed by atoms with Gasteiger partial charge in [0.05, 0.1) is 12.1 Å². The Morgan fingerprint density at radius 2 is 1.97 bits per heavy atom. The molecule has 1 aliphatic rings. The second kappa shape index (κ2) is 9.01. The topological polar surface area (TPSA) is 114 Å². The number of benzene rings is 2. The van der Waals surface area contributed by atoms with E-state index in [2.05, 4.69) is 10.2 Å². The van der Waals surface area contributed by atoms with Crippen LogP contribution in [0.3, 0.4) is 0 Å². The van der Waals surface area contributed by atoms with E-state index in [1.165, 1.54) is 4.57 Å². The number of amides is 2. The molecule has 0 aliphatic carbocycles. The van der Waals surface area contributed by atoms with Gasteiger partial charge in [0.2, 0.25) is 11.8 Å². The predicted molar refractivity (Wildman–Crippen MR) is 117 cm³/mol. The van der Waals surface area contributed by atoms with E-state index < -0.39 is 11.9 Å². The highest BCUT2D eigenvalue weighted by molar-refractivity contribution is 6.00. The summed E-state index contributed by atoms with van der Waals surface area (Å²) in [6.45, 7) is 2.34. The van der Waals surface area contributed by atoms with Gasteiger partial charge in [-0.3, -0.25) is 19.0 Å². The second-order valence-electron chi connectivity index (χ2n) is 7.28. The van der Waals surface area contributed by atoms with Crippen LogP contribution in [0.1, 0.15) is 30.1 Å². The van der Waals surface area contributed by atoms with Crippen LogP contribution in [0.25, 0.3) is 10.9 Å². The molecule has 32 heavy (non-hydrogen) atoms. The number of fused-ring (bicyclic) bond motifs is 1. The van der Waals surface area contributed by atoms with Crippen LogP contribution in [0.5, 0.6) is 5.88 Å². The fourth-order valence-electron chi connectivity index (χ4n) is 3.75. The van der Waals surface area contributed by atoms with Crippen molar-refractivity contribution in [2.75, 3.05) is 18.1 Å². The van der Waals surface area contributed by atoms with Crippen LogP contribution in [0.4, 0.5) is 11.4 Å². The van der Waals surface area contributed by atoms with Gasteiger partial charge in [-0.1, -0.05) is 24.3 Å². The molecule has 0 saturated carbocycles. The quantitative estimate of drug-likeness (QED) is 0.466. The van der Waals surface area contributed by atoms with Crippen molar-refractivity contribution in [1.29, 1.82) is 0 Å². The third-order valence-electron chi connectivity index (χ3n) is 5.23. The molecule has 164 valence electrons. The van der Waals surface area contributed by atoms with Crippen LogP contribution in [-0.4, -0.2) is 40.6 Å². The number of aromatic nitrogens is 1. The molecule has 1 saturated heterocycles. The predicted octanol–water partition coefficient (Wildman–Crippen LogP) is 3.96. The van der Waals surface area contributed by atoms with Gasteiger partial charge in [-0.05, 0) is 37.6 Å². The molecule has 0 spiro atoms. The molecule has 0 bridgehead atoms.